The van der Waals surface area contributed by atoms with E-state index in [1.165, 1.54) is 0 Å². The molecule has 0 aromatic rings. The van der Waals surface area contributed by atoms with Gasteiger partial charge in [0.05, 0.1) is 12.0 Å². The van der Waals surface area contributed by atoms with Crippen LogP contribution in [0.2, 0.25) is 0 Å². The summed E-state index contributed by atoms with van der Waals surface area (Å²) in [6.07, 6.45) is 4.14. The highest BCUT2D eigenvalue weighted by molar-refractivity contribution is 5.87. The van der Waals surface area contributed by atoms with Gasteiger partial charge in [0.25, 0.3) is 0 Å². The smallest absolute Gasteiger partial charge is 0.315 e. The summed E-state index contributed by atoms with van der Waals surface area (Å²) in [6.45, 7) is 1.61. The lowest BCUT2D eigenvalue weighted by molar-refractivity contribution is -0.139. The molecule has 0 aromatic carbocycles. The van der Waals surface area contributed by atoms with Crippen LogP contribution in [0.4, 0.5) is 4.79 Å². The molecular weight excluding hydrogens is 262 g/mol. The van der Waals surface area contributed by atoms with Crippen molar-refractivity contribution in [2.24, 2.45) is 0 Å². The fourth-order valence-electron chi connectivity index (χ4n) is 2.33. The van der Waals surface area contributed by atoms with Crippen molar-refractivity contribution >= 4 is 17.9 Å². The van der Waals surface area contributed by atoms with E-state index in [1.807, 2.05) is 0 Å². The van der Waals surface area contributed by atoms with Gasteiger partial charge in [-0.25, -0.2) is 4.79 Å². The number of carbonyl (C=O) groups is 3. The molecule has 0 radical (unpaired) electrons. The molecular formula is C13H21N3O4. The third-order valence-corrected chi connectivity index (χ3v) is 3.84. The average molecular weight is 283 g/mol. The summed E-state index contributed by atoms with van der Waals surface area (Å²) in [4.78, 5) is 34.4. The Morgan fingerprint density at radius 2 is 1.95 bits per heavy atom. The molecule has 2 aliphatic rings. The number of urea groups is 1. The summed E-state index contributed by atoms with van der Waals surface area (Å²) < 4.78 is 0. The van der Waals surface area contributed by atoms with Gasteiger partial charge in [-0.15, -0.1) is 0 Å². The summed E-state index contributed by atoms with van der Waals surface area (Å²) in [5.41, 5.74) is -0.650. The molecule has 20 heavy (non-hydrogen) atoms. The molecule has 0 aliphatic heterocycles. The van der Waals surface area contributed by atoms with Crippen molar-refractivity contribution in [1.29, 1.82) is 0 Å². The highest BCUT2D eigenvalue weighted by Crippen LogP contribution is 2.34. The topological polar surface area (TPSA) is 108 Å². The Kier molecular flexibility index (Phi) is 4.15. The van der Waals surface area contributed by atoms with E-state index < -0.39 is 23.6 Å². The molecule has 112 valence electrons. The molecule has 3 amide bonds. The standard InChI is InChI=1S/C13H21N3O4/c1-8(11(19)15-9-3-4-9)14-12(20)16-13(5-2-6-13)7-10(17)18/h8-9H,2-7H2,1H3,(H,15,19)(H,17,18)(H2,14,16,20). The van der Waals surface area contributed by atoms with Crippen molar-refractivity contribution in [2.45, 2.75) is 63.1 Å². The van der Waals surface area contributed by atoms with Crippen molar-refractivity contribution in [3.63, 3.8) is 0 Å². The van der Waals surface area contributed by atoms with Gasteiger partial charge in [-0.2, -0.15) is 0 Å². The molecule has 7 heteroatoms. The van der Waals surface area contributed by atoms with E-state index in [2.05, 4.69) is 16.0 Å². The van der Waals surface area contributed by atoms with Crippen LogP contribution >= 0.6 is 0 Å². The molecule has 2 rings (SSSR count). The molecule has 4 N–H and O–H groups in total. The zero-order chi connectivity index (χ0) is 14.8. The zero-order valence-electron chi connectivity index (χ0n) is 11.6. The van der Waals surface area contributed by atoms with Gasteiger partial charge in [0.1, 0.15) is 6.04 Å². The Labute approximate surface area is 117 Å². The van der Waals surface area contributed by atoms with E-state index in [0.717, 1.165) is 19.3 Å². The number of hydrogen-bond acceptors (Lipinski definition) is 3. The van der Waals surface area contributed by atoms with E-state index in [1.54, 1.807) is 6.92 Å². The van der Waals surface area contributed by atoms with E-state index in [-0.39, 0.29) is 18.4 Å². The van der Waals surface area contributed by atoms with Crippen LogP contribution in [-0.2, 0) is 9.59 Å². The van der Waals surface area contributed by atoms with Gasteiger partial charge in [0.2, 0.25) is 5.91 Å². The Balaban J connectivity index is 1.78. The first-order valence-electron chi connectivity index (χ1n) is 7.01. The average Bonchev–Trinajstić information content (AvgIpc) is 3.09. The SMILES string of the molecule is CC(NC(=O)NC1(CC(=O)O)CCC1)C(=O)NC1CC1. The zero-order valence-corrected chi connectivity index (χ0v) is 11.6. The molecule has 1 unspecified atom stereocenters. The van der Waals surface area contributed by atoms with Crippen LogP contribution < -0.4 is 16.0 Å². The van der Waals surface area contributed by atoms with Crippen LogP contribution in [0.1, 0.15) is 45.4 Å². The predicted molar refractivity (Wildman–Crippen MR) is 71.1 cm³/mol. The summed E-state index contributed by atoms with van der Waals surface area (Å²) in [5, 5.41) is 16.9. The van der Waals surface area contributed by atoms with Crippen molar-refractivity contribution in [2.75, 3.05) is 0 Å². The first-order valence-corrected chi connectivity index (χ1v) is 7.01. The number of rotatable bonds is 6. The number of carboxylic acid groups (broad SMARTS) is 1. The molecule has 0 aromatic heterocycles. The quantitative estimate of drug-likeness (QED) is 0.564. The van der Waals surface area contributed by atoms with Crippen LogP contribution in [0.5, 0.6) is 0 Å². The number of aliphatic carboxylic acids is 1. The highest BCUT2D eigenvalue weighted by Gasteiger charge is 2.40. The number of carbonyl (C=O) groups excluding carboxylic acids is 2. The van der Waals surface area contributed by atoms with E-state index in [9.17, 15) is 14.4 Å². The molecule has 0 spiro atoms. The van der Waals surface area contributed by atoms with E-state index in [4.69, 9.17) is 5.11 Å². The number of amides is 3. The maximum atomic E-state index is 11.9. The Hall–Kier alpha value is -1.79. The van der Waals surface area contributed by atoms with E-state index in [0.29, 0.717) is 12.8 Å². The second-order valence-corrected chi connectivity index (χ2v) is 5.81. The van der Waals surface area contributed by atoms with Gasteiger partial charge in [-0.1, -0.05) is 0 Å². The minimum atomic E-state index is -0.926. The second-order valence-electron chi connectivity index (χ2n) is 5.81. The normalized spacial score (nSPS) is 21.2. The lowest BCUT2D eigenvalue weighted by Crippen LogP contribution is -2.59. The minimum absolute atomic E-state index is 0.0803. The van der Waals surface area contributed by atoms with Crippen LogP contribution in [-0.4, -0.2) is 40.6 Å². The fraction of sp³-hybridized carbons (Fsp3) is 0.769. The number of carboxylic acids is 1. The lowest BCUT2D eigenvalue weighted by Gasteiger charge is -2.41. The maximum Gasteiger partial charge on any atom is 0.315 e. The third kappa shape index (κ3) is 3.85. The minimum Gasteiger partial charge on any atom is -0.481 e. The summed E-state index contributed by atoms with van der Waals surface area (Å²) in [6, 6.07) is -0.859. The van der Waals surface area contributed by atoms with Crippen LogP contribution in [0, 0.1) is 0 Å². The van der Waals surface area contributed by atoms with Gasteiger partial charge in [0.15, 0.2) is 0 Å². The van der Waals surface area contributed by atoms with Gasteiger partial charge < -0.3 is 21.1 Å². The van der Waals surface area contributed by atoms with Crippen LogP contribution in [0.3, 0.4) is 0 Å². The van der Waals surface area contributed by atoms with Crippen LogP contribution in [0.15, 0.2) is 0 Å². The van der Waals surface area contributed by atoms with Gasteiger partial charge in [-0.3, -0.25) is 9.59 Å². The molecule has 1 atom stereocenters. The number of nitrogens with one attached hydrogen (secondary N) is 3. The van der Waals surface area contributed by atoms with Crippen molar-refractivity contribution in [3.8, 4) is 0 Å². The first-order chi connectivity index (χ1) is 9.40. The van der Waals surface area contributed by atoms with Crippen molar-refractivity contribution < 1.29 is 19.5 Å². The third-order valence-electron chi connectivity index (χ3n) is 3.84. The first kappa shape index (κ1) is 14.6. The Bertz CT molecular complexity index is 416. The van der Waals surface area contributed by atoms with Gasteiger partial charge in [0, 0.05) is 6.04 Å². The van der Waals surface area contributed by atoms with Gasteiger partial charge in [-0.05, 0) is 39.0 Å². The van der Waals surface area contributed by atoms with Gasteiger partial charge >= 0.3 is 12.0 Å². The number of hydrogen-bond donors (Lipinski definition) is 4. The molecule has 2 saturated carbocycles. The molecule has 0 heterocycles. The molecule has 0 bridgehead atoms. The van der Waals surface area contributed by atoms with Crippen molar-refractivity contribution in [1.82, 2.24) is 16.0 Å². The monoisotopic (exact) mass is 283 g/mol. The molecule has 0 saturated heterocycles. The Morgan fingerprint density at radius 1 is 1.30 bits per heavy atom. The second kappa shape index (κ2) is 5.68. The summed E-state index contributed by atoms with van der Waals surface area (Å²) >= 11 is 0. The maximum absolute atomic E-state index is 11.9. The van der Waals surface area contributed by atoms with Crippen LogP contribution in [0.25, 0.3) is 0 Å². The summed E-state index contributed by atoms with van der Waals surface area (Å²) in [7, 11) is 0. The lowest BCUT2D eigenvalue weighted by atomic mass is 9.74. The summed E-state index contributed by atoms with van der Waals surface area (Å²) in [5.74, 6) is -1.13. The predicted octanol–water partition coefficient (Wildman–Crippen LogP) is 0.350. The Morgan fingerprint density at radius 3 is 2.40 bits per heavy atom. The van der Waals surface area contributed by atoms with E-state index >= 15 is 0 Å². The largest absolute Gasteiger partial charge is 0.481 e. The van der Waals surface area contributed by atoms with Crippen molar-refractivity contribution in [3.05, 3.63) is 0 Å². The molecule has 2 aliphatic carbocycles. The molecule has 2 fully saturated rings. The molecule has 7 nitrogen and oxygen atoms in total. The fourth-order valence-corrected chi connectivity index (χ4v) is 2.33. The highest BCUT2D eigenvalue weighted by atomic mass is 16.4.